The molecular formula is C16H14N6O2. The number of H-pyrrole nitrogens is 1. The highest BCUT2D eigenvalue weighted by Gasteiger charge is 2.18. The van der Waals surface area contributed by atoms with Crippen molar-refractivity contribution in [2.45, 2.75) is 0 Å². The smallest absolute Gasteiger partial charge is 0.329 e. The Labute approximate surface area is 135 Å². The lowest BCUT2D eigenvalue weighted by atomic mass is 10.2. The molecule has 0 radical (unpaired) electrons. The fourth-order valence-corrected chi connectivity index (χ4v) is 2.63. The van der Waals surface area contributed by atoms with E-state index in [9.17, 15) is 9.59 Å². The predicted octanol–water partition coefficient (Wildman–Crippen LogP) is 1.59. The number of nitrogens with zero attached hydrogens (tertiary/aromatic N) is 5. The summed E-state index contributed by atoms with van der Waals surface area (Å²) in [7, 11) is 3.28. The van der Waals surface area contributed by atoms with Crippen LogP contribution in [0.4, 0.5) is 4.79 Å². The predicted molar refractivity (Wildman–Crippen MR) is 89.5 cm³/mol. The second kappa shape index (κ2) is 5.05. The van der Waals surface area contributed by atoms with Gasteiger partial charge in [-0.3, -0.25) is 9.89 Å². The summed E-state index contributed by atoms with van der Waals surface area (Å²) in [6.45, 7) is 0. The van der Waals surface area contributed by atoms with Crippen LogP contribution in [0.3, 0.4) is 0 Å². The average molecular weight is 322 g/mol. The van der Waals surface area contributed by atoms with Crippen LogP contribution in [-0.4, -0.2) is 49.6 Å². The largest absolute Gasteiger partial charge is 0.346 e. The zero-order valence-electron chi connectivity index (χ0n) is 13.1. The van der Waals surface area contributed by atoms with Crippen molar-refractivity contribution in [2.24, 2.45) is 0 Å². The van der Waals surface area contributed by atoms with Gasteiger partial charge >= 0.3 is 6.03 Å². The molecule has 4 rings (SSSR count). The standard InChI is InChI=1S/C16H14N6O2/c1-20(2)16(24)22-14-11(9-18-22)13-12(8-17-14)15(23)21(19-13)10-6-4-3-5-7-10/h3-9,19H,1-2H3. The van der Waals surface area contributed by atoms with Gasteiger partial charge < -0.3 is 4.90 Å². The van der Waals surface area contributed by atoms with Crippen LogP contribution in [0.1, 0.15) is 0 Å². The van der Waals surface area contributed by atoms with Crippen molar-refractivity contribution in [1.82, 2.24) is 29.4 Å². The Balaban J connectivity index is 2.00. The summed E-state index contributed by atoms with van der Waals surface area (Å²) < 4.78 is 2.67. The van der Waals surface area contributed by atoms with Gasteiger partial charge in [-0.15, -0.1) is 0 Å². The summed E-state index contributed by atoms with van der Waals surface area (Å²) in [5.41, 5.74) is 1.54. The number of aromatic nitrogens is 5. The van der Waals surface area contributed by atoms with Gasteiger partial charge in [-0.2, -0.15) is 9.78 Å². The second-order valence-corrected chi connectivity index (χ2v) is 5.61. The van der Waals surface area contributed by atoms with Gasteiger partial charge in [0.2, 0.25) is 0 Å². The molecule has 0 saturated heterocycles. The molecule has 0 saturated carbocycles. The Kier molecular flexibility index (Phi) is 2.99. The minimum absolute atomic E-state index is 0.197. The van der Waals surface area contributed by atoms with Crippen molar-refractivity contribution in [3.63, 3.8) is 0 Å². The number of aromatic amines is 1. The van der Waals surface area contributed by atoms with E-state index in [0.29, 0.717) is 21.9 Å². The van der Waals surface area contributed by atoms with Crippen LogP contribution >= 0.6 is 0 Å². The zero-order chi connectivity index (χ0) is 16.8. The minimum Gasteiger partial charge on any atom is -0.329 e. The number of rotatable bonds is 1. The van der Waals surface area contributed by atoms with Gasteiger partial charge in [0.25, 0.3) is 5.56 Å². The summed E-state index contributed by atoms with van der Waals surface area (Å²) in [6, 6.07) is 8.96. The van der Waals surface area contributed by atoms with Gasteiger partial charge in [-0.25, -0.2) is 14.5 Å². The van der Waals surface area contributed by atoms with Crippen LogP contribution in [0.15, 0.2) is 47.5 Å². The number of benzene rings is 1. The molecule has 0 unspecified atom stereocenters. The zero-order valence-corrected chi connectivity index (χ0v) is 13.1. The molecule has 0 aliphatic heterocycles. The van der Waals surface area contributed by atoms with Crippen molar-refractivity contribution in [3.05, 3.63) is 53.1 Å². The van der Waals surface area contributed by atoms with E-state index in [1.807, 2.05) is 30.3 Å². The molecule has 1 amide bonds. The van der Waals surface area contributed by atoms with Gasteiger partial charge in [0, 0.05) is 20.3 Å². The van der Waals surface area contributed by atoms with E-state index < -0.39 is 0 Å². The molecule has 0 spiro atoms. The molecule has 3 aromatic heterocycles. The van der Waals surface area contributed by atoms with Crippen LogP contribution in [0, 0.1) is 0 Å². The van der Waals surface area contributed by atoms with E-state index in [2.05, 4.69) is 15.2 Å². The Bertz CT molecular complexity index is 1120. The van der Waals surface area contributed by atoms with Crippen LogP contribution in [0.5, 0.6) is 0 Å². The van der Waals surface area contributed by atoms with Crippen molar-refractivity contribution < 1.29 is 4.79 Å². The fourth-order valence-electron chi connectivity index (χ4n) is 2.63. The molecule has 0 bridgehead atoms. The van der Waals surface area contributed by atoms with E-state index in [-0.39, 0.29) is 11.6 Å². The lowest BCUT2D eigenvalue weighted by Crippen LogP contribution is -2.28. The molecule has 8 nitrogen and oxygen atoms in total. The third kappa shape index (κ3) is 1.93. The maximum atomic E-state index is 12.6. The van der Waals surface area contributed by atoms with E-state index >= 15 is 0 Å². The minimum atomic E-state index is -0.304. The topological polar surface area (TPSA) is 88.8 Å². The van der Waals surface area contributed by atoms with E-state index in [1.54, 1.807) is 14.1 Å². The monoisotopic (exact) mass is 322 g/mol. The number of nitrogens with one attached hydrogen (secondary N) is 1. The first-order valence-electron chi connectivity index (χ1n) is 7.32. The molecule has 0 aliphatic rings. The van der Waals surface area contributed by atoms with Crippen LogP contribution in [-0.2, 0) is 0 Å². The summed E-state index contributed by atoms with van der Waals surface area (Å²) in [6.07, 6.45) is 3.01. The summed E-state index contributed by atoms with van der Waals surface area (Å²) in [5.74, 6) is 0. The number of hydrogen-bond donors (Lipinski definition) is 1. The normalized spacial score (nSPS) is 11.2. The van der Waals surface area contributed by atoms with E-state index in [4.69, 9.17) is 0 Å². The molecule has 0 atom stereocenters. The fraction of sp³-hybridized carbons (Fsp3) is 0.125. The highest BCUT2D eigenvalue weighted by molar-refractivity contribution is 6.03. The first kappa shape index (κ1) is 14.2. The van der Waals surface area contributed by atoms with E-state index in [0.717, 1.165) is 5.69 Å². The third-order valence-corrected chi connectivity index (χ3v) is 3.83. The number of fused-ring (bicyclic) bond motifs is 3. The second-order valence-electron chi connectivity index (χ2n) is 5.61. The number of carbonyl (C=O) groups excluding carboxylic acids is 1. The van der Waals surface area contributed by atoms with E-state index in [1.165, 1.54) is 26.7 Å². The quantitative estimate of drug-likeness (QED) is 0.576. The van der Waals surface area contributed by atoms with Gasteiger partial charge in [0.05, 0.1) is 28.2 Å². The molecule has 1 aromatic carbocycles. The molecule has 4 aromatic rings. The molecule has 8 heteroatoms. The molecule has 0 aliphatic carbocycles. The summed E-state index contributed by atoms with van der Waals surface area (Å²) >= 11 is 0. The maximum absolute atomic E-state index is 12.6. The first-order valence-corrected chi connectivity index (χ1v) is 7.32. The van der Waals surface area contributed by atoms with Crippen LogP contribution in [0.25, 0.3) is 27.6 Å². The van der Waals surface area contributed by atoms with Crippen molar-refractivity contribution >= 4 is 28.0 Å². The first-order chi connectivity index (χ1) is 11.6. The average Bonchev–Trinajstić information content (AvgIpc) is 3.16. The van der Waals surface area contributed by atoms with Crippen molar-refractivity contribution in [2.75, 3.05) is 14.1 Å². The number of hydrogen-bond acceptors (Lipinski definition) is 4. The summed E-state index contributed by atoms with van der Waals surface area (Å²) in [4.78, 5) is 30.4. The molecule has 1 N–H and O–H groups in total. The lowest BCUT2D eigenvalue weighted by molar-refractivity contribution is 0.217. The van der Waals surface area contributed by atoms with Gasteiger partial charge in [0.1, 0.15) is 0 Å². The highest BCUT2D eigenvalue weighted by atomic mass is 16.2. The highest BCUT2D eigenvalue weighted by Crippen LogP contribution is 2.20. The summed E-state index contributed by atoms with van der Waals surface area (Å²) in [5, 5.41) is 8.27. The molecule has 24 heavy (non-hydrogen) atoms. The number of carbonyl (C=O) groups is 1. The Morgan fingerprint density at radius 1 is 1.12 bits per heavy atom. The van der Waals surface area contributed by atoms with Crippen LogP contribution in [0.2, 0.25) is 0 Å². The van der Waals surface area contributed by atoms with Crippen LogP contribution < -0.4 is 5.56 Å². The van der Waals surface area contributed by atoms with Crippen molar-refractivity contribution in [1.29, 1.82) is 0 Å². The van der Waals surface area contributed by atoms with Gasteiger partial charge in [-0.1, -0.05) is 18.2 Å². The maximum Gasteiger partial charge on any atom is 0.346 e. The molecule has 3 heterocycles. The molecule has 0 fully saturated rings. The van der Waals surface area contributed by atoms with Gasteiger partial charge in [0.15, 0.2) is 5.65 Å². The third-order valence-electron chi connectivity index (χ3n) is 3.83. The number of pyridine rings is 1. The SMILES string of the molecule is CN(C)C(=O)n1ncc2c3[nH]n(-c4ccccc4)c(=O)c3cnc21. The Morgan fingerprint density at radius 3 is 2.58 bits per heavy atom. The Hall–Kier alpha value is -3.42. The van der Waals surface area contributed by atoms with Gasteiger partial charge in [-0.05, 0) is 12.1 Å². The van der Waals surface area contributed by atoms with Crippen molar-refractivity contribution in [3.8, 4) is 5.69 Å². The molecular weight excluding hydrogens is 308 g/mol. The number of para-hydroxylation sites is 1. The number of amides is 1. The molecule has 120 valence electrons. The lowest BCUT2D eigenvalue weighted by Gasteiger charge is -2.09. The Morgan fingerprint density at radius 2 is 1.88 bits per heavy atom.